The molecule has 4 heteroatoms. The van der Waals surface area contributed by atoms with E-state index in [-0.39, 0.29) is 12.1 Å². The Hall–Kier alpha value is -1.03. The zero-order valence-corrected chi connectivity index (χ0v) is 14.5. The largest absolute Gasteiger partial charge is 0.489 e. The minimum absolute atomic E-state index is 0.0283. The molecule has 0 radical (unpaired) electrons. The second-order valence-corrected chi connectivity index (χ2v) is 6.26. The van der Waals surface area contributed by atoms with Gasteiger partial charge in [0.2, 0.25) is 0 Å². The van der Waals surface area contributed by atoms with Gasteiger partial charge in [-0.2, -0.15) is 0 Å². The SMILES string of the molecule is CNC(Cc1ccccc1Br)C(C)Oc1cccc(Cl)c1. The summed E-state index contributed by atoms with van der Waals surface area (Å²) >= 11 is 9.58. The molecular formula is C17H19BrClNO. The lowest BCUT2D eigenvalue weighted by Gasteiger charge is -2.25. The van der Waals surface area contributed by atoms with Crippen LogP contribution in [0.15, 0.2) is 53.0 Å². The summed E-state index contributed by atoms with van der Waals surface area (Å²) in [4.78, 5) is 0. The molecule has 21 heavy (non-hydrogen) atoms. The number of hydrogen-bond acceptors (Lipinski definition) is 2. The van der Waals surface area contributed by atoms with E-state index < -0.39 is 0 Å². The molecule has 0 aliphatic heterocycles. The maximum absolute atomic E-state index is 6.00. The third-order valence-corrected chi connectivity index (χ3v) is 4.46. The molecule has 0 spiro atoms. The van der Waals surface area contributed by atoms with E-state index >= 15 is 0 Å². The number of nitrogens with one attached hydrogen (secondary N) is 1. The van der Waals surface area contributed by atoms with Gasteiger partial charge in [-0.05, 0) is 50.2 Å². The highest BCUT2D eigenvalue weighted by Gasteiger charge is 2.18. The van der Waals surface area contributed by atoms with E-state index in [1.165, 1.54) is 5.56 Å². The lowest BCUT2D eigenvalue weighted by molar-refractivity contribution is 0.174. The smallest absolute Gasteiger partial charge is 0.121 e. The van der Waals surface area contributed by atoms with E-state index in [4.69, 9.17) is 16.3 Å². The van der Waals surface area contributed by atoms with Gasteiger partial charge in [0.1, 0.15) is 11.9 Å². The van der Waals surface area contributed by atoms with Crippen molar-refractivity contribution in [3.63, 3.8) is 0 Å². The van der Waals surface area contributed by atoms with Gasteiger partial charge in [0.15, 0.2) is 0 Å². The van der Waals surface area contributed by atoms with E-state index in [0.717, 1.165) is 16.6 Å². The van der Waals surface area contributed by atoms with Gasteiger partial charge in [-0.1, -0.05) is 51.8 Å². The summed E-state index contributed by atoms with van der Waals surface area (Å²) in [5, 5.41) is 4.02. The van der Waals surface area contributed by atoms with Crippen molar-refractivity contribution in [2.75, 3.05) is 7.05 Å². The van der Waals surface area contributed by atoms with Crippen LogP contribution in [0.1, 0.15) is 12.5 Å². The molecule has 0 saturated heterocycles. The first-order valence-corrected chi connectivity index (χ1v) is 8.10. The number of rotatable bonds is 6. The molecule has 0 aromatic heterocycles. The van der Waals surface area contributed by atoms with Gasteiger partial charge in [-0.25, -0.2) is 0 Å². The lowest BCUT2D eigenvalue weighted by atomic mass is 10.0. The van der Waals surface area contributed by atoms with Gasteiger partial charge in [0, 0.05) is 15.5 Å². The highest BCUT2D eigenvalue weighted by Crippen LogP contribution is 2.22. The van der Waals surface area contributed by atoms with E-state index in [9.17, 15) is 0 Å². The first kappa shape index (κ1) is 16.3. The van der Waals surface area contributed by atoms with Crippen LogP contribution < -0.4 is 10.1 Å². The van der Waals surface area contributed by atoms with E-state index in [2.05, 4.69) is 46.4 Å². The van der Waals surface area contributed by atoms with E-state index in [1.807, 2.05) is 37.4 Å². The second-order valence-electron chi connectivity index (χ2n) is 4.97. The van der Waals surface area contributed by atoms with Gasteiger partial charge in [0.25, 0.3) is 0 Å². The summed E-state index contributed by atoms with van der Waals surface area (Å²) in [6.45, 7) is 2.07. The molecule has 0 fully saturated rings. The van der Waals surface area contributed by atoms with Crippen LogP contribution in [-0.2, 0) is 6.42 Å². The topological polar surface area (TPSA) is 21.3 Å². The third kappa shape index (κ3) is 4.73. The molecule has 0 aliphatic carbocycles. The molecule has 2 aromatic rings. The maximum Gasteiger partial charge on any atom is 0.121 e. The fraction of sp³-hybridized carbons (Fsp3) is 0.294. The van der Waals surface area contributed by atoms with Crippen molar-refractivity contribution in [2.45, 2.75) is 25.5 Å². The first-order chi connectivity index (χ1) is 10.1. The minimum atomic E-state index is 0.0283. The molecule has 2 nitrogen and oxygen atoms in total. The van der Waals surface area contributed by atoms with Crippen LogP contribution in [0, 0.1) is 0 Å². The maximum atomic E-state index is 6.00. The fourth-order valence-corrected chi connectivity index (χ4v) is 2.87. The lowest BCUT2D eigenvalue weighted by Crippen LogP contribution is -2.41. The van der Waals surface area contributed by atoms with Crippen molar-refractivity contribution in [2.24, 2.45) is 0 Å². The molecule has 112 valence electrons. The predicted octanol–water partition coefficient (Wildman–Crippen LogP) is 4.70. The number of benzene rings is 2. The molecule has 2 unspecified atom stereocenters. The van der Waals surface area contributed by atoms with Crippen molar-refractivity contribution in [1.82, 2.24) is 5.32 Å². The molecule has 2 rings (SSSR count). The highest BCUT2D eigenvalue weighted by atomic mass is 79.9. The molecular weight excluding hydrogens is 350 g/mol. The van der Waals surface area contributed by atoms with Crippen LogP contribution in [-0.4, -0.2) is 19.2 Å². The van der Waals surface area contributed by atoms with Crippen LogP contribution in [0.2, 0.25) is 5.02 Å². The summed E-state index contributed by atoms with van der Waals surface area (Å²) in [5.74, 6) is 0.794. The van der Waals surface area contributed by atoms with Gasteiger partial charge in [-0.15, -0.1) is 0 Å². The second kappa shape index (κ2) is 7.83. The Morgan fingerprint density at radius 3 is 2.62 bits per heavy atom. The molecule has 1 N–H and O–H groups in total. The average Bonchev–Trinajstić information content (AvgIpc) is 2.46. The third-order valence-electron chi connectivity index (χ3n) is 3.45. The monoisotopic (exact) mass is 367 g/mol. The average molecular weight is 369 g/mol. The molecule has 2 aromatic carbocycles. The Bertz CT molecular complexity index is 591. The van der Waals surface area contributed by atoms with Crippen molar-refractivity contribution < 1.29 is 4.74 Å². The summed E-state index contributed by atoms with van der Waals surface area (Å²) in [6, 6.07) is 16.0. The summed E-state index contributed by atoms with van der Waals surface area (Å²) in [6.07, 6.45) is 0.917. The summed E-state index contributed by atoms with van der Waals surface area (Å²) in [5.41, 5.74) is 1.26. The van der Waals surface area contributed by atoms with Crippen LogP contribution in [0.4, 0.5) is 0 Å². The Kier molecular flexibility index (Phi) is 6.09. The molecule has 0 amide bonds. The summed E-state index contributed by atoms with van der Waals surface area (Å²) < 4.78 is 7.12. The Morgan fingerprint density at radius 2 is 1.95 bits per heavy atom. The first-order valence-electron chi connectivity index (χ1n) is 6.93. The number of halogens is 2. The number of ether oxygens (including phenoxy) is 1. The zero-order valence-electron chi connectivity index (χ0n) is 12.1. The summed E-state index contributed by atoms with van der Waals surface area (Å²) in [7, 11) is 1.96. The fourth-order valence-electron chi connectivity index (χ4n) is 2.24. The van der Waals surface area contributed by atoms with Gasteiger partial charge in [-0.3, -0.25) is 0 Å². The van der Waals surface area contributed by atoms with Crippen molar-refractivity contribution in [3.8, 4) is 5.75 Å². The highest BCUT2D eigenvalue weighted by molar-refractivity contribution is 9.10. The molecule has 0 saturated carbocycles. The Morgan fingerprint density at radius 1 is 1.19 bits per heavy atom. The van der Waals surface area contributed by atoms with Gasteiger partial charge in [0.05, 0.1) is 0 Å². The van der Waals surface area contributed by atoms with Crippen molar-refractivity contribution >= 4 is 27.5 Å². The predicted molar refractivity (Wildman–Crippen MR) is 92.2 cm³/mol. The van der Waals surface area contributed by atoms with Crippen LogP contribution >= 0.6 is 27.5 Å². The molecule has 0 bridgehead atoms. The van der Waals surface area contributed by atoms with E-state index in [0.29, 0.717) is 5.02 Å². The van der Waals surface area contributed by atoms with Crippen molar-refractivity contribution in [1.29, 1.82) is 0 Å². The normalized spacial score (nSPS) is 13.7. The van der Waals surface area contributed by atoms with Crippen LogP contribution in [0.5, 0.6) is 5.75 Å². The van der Waals surface area contributed by atoms with E-state index in [1.54, 1.807) is 0 Å². The standard InChI is InChI=1S/C17H19BrClNO/c1-12(21-15-8-5-7-14(19)11-15)17(20-2)10-13-6-3-4-9-16(13)18/h3-9,11-12,17,20H,10H2,1-2H3. The quantitative estimate of drug-likeness (QED) is 0.798. The Labute approximate surface area is 139 Å². The number of likely N-dealkylation sites (N-methyl/N-ethyl adjacent to an activating group) is 1. The van der Waals surface area contributed by atoms with Gasteiger partial charge >= 0.3 is 0 Å². The molecule has 0 aliphatic rings. The van der Waals surface area contributed by atoms with Crippen LogP contribution in [0.3, 0.4) is 0 Å². The molecule has 2 atom stereocenters. The van der Waals surface area contributed by atoms with Crippen molar-refractivity contribution in [3.05, 3.63) is 63.6 Å². The number of hydrogen-bond donors (Lipinski definition) is 1. The van der Waals surface area contributed by atoms with Gasteiger partial charge < -0.3 is 10.1 Å². The Balaban J connectivity index is 2.05. The van der Waals surface area contributed by atoms with Crippen LogP contribution in [0.25, 0.3) is 0 Å². The molecule has 0 heterocycles. The zero-order chi connectivity index (χ0) is 15.2. The minimum Gasteiger partial charge on any atom is -0.489 e.